The van der Waals surface area contributed by atoms with E-state index in [1.807, 2.05) is 0 Å². The highest BCUT2D eigenvalue weighted by atomic mass is 15.3. The first kappa shape index (κ1) is 8.75. The first-order valence-electron chi connectivity index (χ1n) is 5.06. The van der Waals surface area contributed by atoms with Crippen LogP contribution in [0.2, 0.25) is 0 Å². The van der Waals surface area contributed by atoms with E-state index in [2.05, 4.69) is 22.8 Å². The van der Waals surface area contributed by atoms with Crippen LogP contribution >= 0.6 is 0 Å². The van der Waals surface area contributed by atoms with Crippen molar-refractivity contribution in [2.75, 3.05) is 0 Å². The minimum absolute atomic E-state index is 0.556. The SMILES string of the molecule is Cc1cc(CN)nn1C1CCCC1. The monoisotopic (exact) mass is 179 g/mol. The van der Waals surface area contributed by atoms with Crippen LogP contribution in [0.1, 0.15) is 43.1 Å². The Bertz CT molecular complexity index is 284. The summed E-state index contributed by atoms with van der Waals surface area (Å²) in [7, 11) is 0. The zero-order chi connectivity index (χ0) is 9.26. The van der Waals surface area contributed by atoms with Gasteiger partial charge in [-0.05, 0) is 25.8 Å². The summed E-state index contributed by atoms with van der Waals surface area (Å²) < 4.78 is 2.16. The number of hydrogen-bond donors (Lipinski definition) is 1. The van der Waals surface area contributed by atoms with Gasteiger partial charge < -0.3 is 5.73 Å². The van der Waals surface area contributed by atoms with Crippen LogP contribution < -0.4 is 5.73 Å². The lowest BCUT2D eigenvalue weighted by molar-refractivity contribution is 0.453. The van der Waals surface area contributed by atoms with Gasteiger partial charge in [0.2, 0.25) is 0 Å². The number of aryl methyl sites for hydroxylation is 1. The topological polar surface area (TPSA) is 43.8 Å². The second kappa shape index (κ2) is 3.50. The molecule has 1 aromatic heterocycles. The minimum Gasteiger partial charge on any atom is -0.325 e. The van der Waals surface area contributed by atoms with E-state index in [1.165, 1.54) is 31.4 Å². The average Bonchev–Trinajstić information content (AvgIpc) is 2.72. The summed E-state index contributed by atoms with van der Waals surface area (Å²) >= 11 is 0. The molecule has 1 aliphatic rings. The van der Waals surface area contributed by atoms with E-state index in [4.69, 9.17) is 5.73 Å². The molecule has 0 unspecified atom stereocenters. The van der Waals surface area contributed by atoms with Gasteiger partial charge in [0.15, 0.2) is 0 Å². The molecule has 2 N–H and O–H groups in total. The van der Waals surface area contributed by atoms with Gasteiger partial charge in [-0.1, -0.05) is 12.8 Å². The van der Waals surface area contributed by atoms with Crippen LogP contribution in [0.5, 0.6) is 0 Å². The molecule has 0 aliphatic heterocycles. The van der Waals surface area contributed by atoms with Crippen molar-refractivity contribution in [1.29, 1.82) is 0 Å². The quantitative estimate of drug-likeness (QED) is 0.751. The van der Waals surface area contributed by atoms with Crippen molar-refractivity contribution in [3.8, 4) is 0 Å². The maximum atomic E-state index is 5.55. The van der Waals surface area contributed by atoms with Crippen LogP contribution in [0.4, 0.5) is 0 Å². The van der Waals surface area contributed by atoms with Crippen molar-refractivity contribution in [3.63, 3.8) is 0 Å². The van der Waals surface area contributed by atoms with E-state index in [1.54, 1.807) is 0 Å². The molecule has 3 heteroatoms. The molecule has 1 aromatic rings. The highest BCUT2D eigenvalue weighted by Gasteiger charge is 2.19. The summed E-state index contributed by atoms with van der Waals surface area (Å²) in [5.74, 6) is 0. The molecule has 0 spiro atoms. The first-order chi connectivity index (χ1) is 6.31. The van der Waals surface area contributed by atoms with Gasteiger partial charge in [0.1, 0.15) is 0 Å². The van der Waals surface area contributed by atoms with Gasteiger partial charge in [-0.15, -0.1) is 0 Å². The molecule has 3 nitrogen and oxygen atoms in total. The molecule has 1 aliphatic carbocycles. The van der Waals surface area contributed by atoms with Crippen molar-refractivity contribution < 1.29 is 0 Å². The third kappa shape index (κ3) is 1.61. The average molecular weight is 179 g/mol. The molecule has 0 bridgehead atoms. The van der Waals surface area contributed by atoms with E-state index >= 15 is 0 Å². The third-order valence-electron chi connectivity index (χ3n) is 2.85. The van der Waals surface area contributed by atoms with E-state index in [0.29, 0.717) is 12.6 Å². The molecule has 72 valence electrons. The van der Waals surface area contributed by atoms with Gasteiger partial charge in [0.25, 0.3) is 0 Å². The lowest BCUT2D eigenvalue weighted by Crippen LogP contribution is -2.09. The number of aromatic nitrogens is 2. The molecule has 1 saturated carbocycles. The van der Waals surface area contributed by atoms with Gasteiger partial charge in [-0.25, -0.2) is 0 Å². The molecular weight excluding hydrogens is 162 g/mol. The van der Waals surface area contributed by atoms with Crippen LogP contribution in [-0.2, 0) is 6.54 Å². The highest BCUT2D eigenvalue weighted by Crippen LogP contribution is 2.29. The number of hydrogen-bond acceptors (Lipinski definition) is 2. The molecule has 0 amide bonds. The standard InChI is InChI=1S/C10H17N3/c1-8-6-9(7-11)12-13(8)10-4-2-3-5-10/h6,10H,2-5,7,11H2,1H3. The van der Waals surface area contributed by atoms with E-state index in [9.17, 15) is 0 Å². The van der Waals surface area contributed by atoms with Crippen molar-refractivity contribution >= 4 is 0 Å². The summed E-state index contributed by atoms with van der Waals surface area (Å²) in [4.78, 5) is 0. The van der Waals surface area contributed by atoms with Crippen LogP contribution in [0.3, 0.4) is 0 Å². The number of rotatable bonds is 2. The molecule has 13 heavy (non-hydrogen) atoms. The number of nitrogens with zero attached hydrogens (tertiary/aromatic N) is 2. The van der Waals surface area contributed by atoms with E-state index in [-0.39, 0.29) is 0 Å². The maximum Gasteiger partial charge on any atom is 0.0763 e. The molecule has 1 fully saturated rings. The second-order valence-corrected chi connectivity index (χ2v) is 3.86. The van der Waals surface area contributed by atoms with Gasteiger partial charge >= 0.3 is 0 Å². The molecule has 0 saturated heterocycles. The lowest BCUT2D eigenvalue weighted by Gasteiger charge is -2.11. The lowest BCUT2D eigenvalue weighted by atomic mass is 10.2. The Hall–Kier alpha value is -0.830. The van der Waals surface area contributed by atoms with Crippen LogP contribution in [-0.4, -0.2) is 9.78 Å². The van der Waals surface area contributed by atoms with E-state index < -0.39 is 0 Å². The van der Waals surface area contributed by atoms with Crippen LogP contribution in [0.25, 0.3) is 0 Å². The Balaban J connectivity index is 2.22. The highest BCUT2D eigenvalue weighted by molar-refractivity contribution is 5.09. The predicted molar refractivity (Wildman–Crippen MR) is 52.4 cm³/mol. The van der Waals surface area contributed by atoms with Gasteiger partial charge in [0.05, 0.1) is 11.7 Å². The largest absolute Gasteiger partial charge is 0.325 e. The normalized spacial score (nSPS) is 18.3. The first-order valence-corrected chi connectivity index (χ1v) is 5.06. The molecule has 2 rings (SSSR count). The molecule has 1 heterocycles. The van der Waals surface area contributed by atoms with Gasteiger partial charge in [0, 0.05) is 12.2 Å². The molecule has 0 atom stereocenters. The summed E-state index contributed by atoms with van der Waals surface area (Å²) in [6.07, 6.45) is 5.27. The Kier molecular flexibility index (Phi) is 2.36. The van der Waals surface area contributed by atoms with Crippen LogP contribution in [0, 0.1) is 6.92 Å². The Morgan fingerprint density at radius 2 is 2.23 bits per heavy atom. The predicted octanol–water partition coefficient (Wildman–Crippen LogP) is 1.77. The smallest absolute Gasteiger partial charge is 0.0763 e. The molecular formula is C10H17N3. The second-order valence-electron chi connectivity index (χ2n) is 3.86. The zero-order valence-corrected chi connectivity index (χ0v) is 8.16. The zero-order valence-electron chi connectivity index (χ0n) is 8.16. The van der Waals surface area contributed by atoms with Crippen molar-refractivity contribution in [2.24, 2.45) is 5.73 Å². The maximum absolute atomic E-state index is 5.55. The Labute approximate surface area is 78.9 Å². The molecule has 0 radical (unpaired) electrons. The van der Waals surface area contributed by atoms with Gasteiger partial charge in [-0.3, -0.25) is 4.68 Å². The van der Waals surface area contributed by atoms with Crippen LogP contribution in [0.15, 0.2) is 6.07 Å². The summed E-state index contributed by atoms with van der Waals surface area (Å²) in [5.41, 5.74) is 7.83. The van der Waals surface area contributed by atoms with Gasteiger partial charge in [-0.2, -0.15) is 5.10 Å². The van der Waals surface area contributed by atoms with Crippen molar-refractivity contribution in [3.05, 3.63) is 17.5 Å². The Morgan fingerprint density at radius 3 is 2.77 bits per heavy atom. The summed E-state index contributed by atoms with van der Waals surface area (Å²) in [5, 5.41) is 4.50. The fourth-order valence-corrected chi connectivity index (χ4v) is 2.17. The van der Waals surface area contributed by atoms with Crippen molar-refractivity contribution in [1.82, 2.24) is 9.78 Å². The fraction of sp³-hybridized carbons (Fsp3) is 0.700. The minimum atomic E-state index is 0.556. The summed E-state index contributed by atoms with van der Waals surface area (Å²) in [6, 6.07) is 2.73. The third-order valence-corrected chi connectivity index (χ3v) is 2.85. The molecule has 0 aromatic carbocycles. The Morgan fingerprint density at radius 1 is 1.54 bits per heavy atom. The number of nitrogens with two attached hydrogens (primary N) is 1. The van der Waals surface area contributed by atoms with Crippen molar-refractivity contribution in [2.45, 2.75) is 45.2 Å². The van der Waals surface area contributed by atoms with E-state index in [0.717, 1.165) is 5.69 Å². The fourth-order valence-electron chi connectivity index (χ4n) is 2.17. The summed E-state index contributed by atoms with van der Waals surface area (Å²) in [6.45, 7) is 2.67.